The molecule has 1 aromatic heterocycles. The molecule has 0 unspecified atom stereocenters. The van der Waals surface area contributed by atoms with Crippen molar-refractivity contribution in [1.29, 1.82) is 0 Å². The molecule has 1 aromatic carbocycles. The normalized spacial score (nSPS) is 11.2. The molecule has 0 aliphatic carbocycles. The number of aromatic nitrogens is 2. The van der Waals surface area contributed by atoms with E-state index in [1.165, 1.54) is 19.1 Å². The van der Waals surface area contributed by atoms with Gasteiger partial charge in [-0.15, -0.1) is 0 Å². The Hall–Kier alpha value is -3.11. The first-order chi connectivity index (χ1) is 11.7. The summed E-state index contributed by atoms with van der Waals surface area (Å²) in [6, 6.07) is 3.67. The number of carbonyl (C=O) groups is 1. The Morgan fingerprint density at radius 2 is 2.16 bits per heavy atom. The summed E-state index contributed by atoms with van der Waals surface area (Å²) < 4.78 is 43.0. The van der Waals surface area contributed by atoms with Gasteiger partial charge in [-0.05, 0) is 12.1 Å². The zero-order valence-corrected chi connectivity index (χ0v) is 12.9. The van der Waals surface area contributed by atoms with Crippen molar-refractivity contribution in [3.8, 4) is 17.1 Å². The third-order valence-electron chi connectivity index (χ3n) is 3.04. The fourth-order valence-electron chi connectivity index (χ4n) is 1.93. The molecule has 1 heterocycles. The molecule has 2 aromatic rings. The largest absolute Gasteiger partial charge is 0.485 e. The average Bonchev–Trinajstić information content (AvgIpc) is 3.01. The lowest BCUT2D eigenvalue weighted by atomic mass is 10.2. The number of aromatic amines is 1. The molecule has 0 radical (unpaired) electrons. The van der Waals surface area contributed by atoms with Crippen LogP contribution in [-0.4, -0.2) is 34.0 Å². The Morgan fingerprint density at radius 3 is 2.72 bits per heavy atom. The summed E-state index contributed by atoms with van der Waals surface area (Å²) in [5.41, 5.74) is -1.37. The number of nitrogens with one attached hydrogen (secondary N) is 2. The van der Waals surface area contributed by atoms with E-state index in [1.54, 1.807) is 0 Å². The second-order valence-corrected chi connectivity index (χ2v) is 4.91. The Kier molecular flexibility index (Phi) is 5.25. The molecule has 0 saturated heterocycles. The zero-order chi connectivity index (χ0) is 18.6. The molecule has 0 bridgehead atoms. The van der Waals surface area contributed by atoms with Crippen LogP contribution in [0.1, 0.15) is 12.6 Å². The molecular weight excluding hydrogens is 345 g/mol. The molecule has 2 rings (SSSR count). The van der Waals surface area contributed by atoms with Crippen LogP contribution >= 0.6 is 0 Å². The Bertz CT molecular complexity index is 789. The highest BCUT2D eigenvalue weighted by molar-refractivity contribution is 5.72. The number of amides is 1. The van der Waals surface area contributed by atoms with E-state index in [4.69, 9.17) is 4.74 Å². The van der Waals surface area contributed by atoms with Gasteiger partial charge >= 0.3 is 11.9 Å². The minimum atomic E-state index is -4.59. The van der Waals surface area contributed by atoms with Crippen molar-refractivity contribution in [2.75, 3.05) is 13.2 Å². The van der Waals surface area contributed by atoms with E-state index in [0.717, 1.165) is 6.07 Å². The quantitative estimate of drug-likeness (QED) is 0.468. The first-order valence-corrected chi connectivity index (χ1v) is 6.96. The SMILES string of the molecule is CC(=O)NCCOc1ccc(-c2ncc(C(F)(F)F)[nH]2)cc1[N+](=O)[O-]. The number of nitrogens with zero attached hydrogens (tertiary/aromatic N) is 2. The van der Waals surface area contributed by atoms with Crippen LogP contribution in [0, 0.1) is 10.1 Å². The summed E-state index contributed by atoms with van der Waals surface area (Å²) in [6.45, 7) is 1.47. The van der Waals surface area contributed by atoms with Crippen molar-refractivity contribution in [3.63, 3.8) is 0 Å². The number of imidazole rings is 1. The van der Waals surface area contributed by atoms with Gasteiger partial charge in [-0.2, -0.15) is 13.2 Å². The second kappa shape index (κ2) is 7.20. The van der Waals surface area contributed by atoms with E-state index < -0.39 is 22.5 Å². The molecule has 134 valence electrons. The number of hydrogen-bond acceptors (Lipinski definition) is 5. The third kappa shape index (κ3) is 4.68. The van der Waals surface area contributed by atoms with Crippen molar-refractivity contribution in [1.82, 2.24) is 15.3 Å². The molecule has 0 saturated carbocycles. The monoisotopic (exact) mass is 358 g/mol. The first-order valence-electron chi connectivity index (χ1n) is 6.96. The maximum absolute atomic E-state index is 12.6. The van der Waals surface area contributed by atoms with Crippen LogP contribution in [0.25, 0.3) is 11.4 Å². The predicted molar refractivity (Wildman–Crippen MR) is 79.9 cm³/mol. The Labute approximate surface area is 139 Å². The number of H-pyrrole nitrogens is 1. The Morgan fingerprint density at radius 1 is 1.44 bits per heavy atom. The van der Waals surface area contributed by atoms with Crippen LogP contribution in [0.5, 0.6) is 5.75 Å². The van der Waals surface area contributed by atoms with Gasteiger partial charge in [0.1, 0.15) is 18.1 Å². The number of nitro benzene ring substituents is 1. The van der Waals surface area contributed by atoms with Crippen LogP contribution in [0.3, 0.4) is 0 Å². The van der Waals surface area contributed by atoms with Crippen molar-refractivity contribution in [3.05, 3.63) is 40.2 Å². The van der Waals surface area contributed by atoms with Crippen LogP contribution in [0.2, 0.25) is 0 Å². The van der Waals surface area contributed by atoms with Crippen molar-refractivity contribution >= 4 is 11.6 Å². The molecule has 0 aliphatic rings. The second-order valence-electron chi connectivity index (χ2n) is 4.91. The van der Waals surface area contributed by atoms with Crippen molar-refractivity contribution in [2.24, 2.45) is 0 Å². The highest BCUT2D eigenvalue weighted by atomic mass is 19.4. The van der Waals surface area contributed by atoms with Crippen LogP contribution in [0.4, 0.5) is 18.9 Å². The lowest BCUT2D eigenvalue weighted by Gasteiger charge is -2.08. The van der Waals surface area contributed by atoms with Gasteiger partial charge in [-0.1, -0.05) is 0 Å². The fourth-order valence-corrected chi connectivity index (χ4v) is 1.93. The molecule has 0 atom stereocenters. The fraction of sp³-hybridized carbons (Fsp3) is 0.286. The molecule has 8 nitrogen and oxygen atoms in total. The lowest BCUT2D eigenvalue weighted by Crippen LogP contribution is -2.25. The maximum Gasteiger partial charge on any atom is 0.432 e. The smallest absolute Gasteiger partial charge is 0.432 e. The summed E-state index contributed by atoms with van der Waals surface area (Å²) in [7, 11) is 0. The topological polar surface area (TPSA) is 110 Å². The van der Waals surface area contributed by atoms with Crippen molar-refractivity contribution < 1.29 is 27.6 Å². The third-order valence-corrected chi connectivity index (χ3v) is 3.04. The maximum atomic E-state index is 12.6. The number of halogens is 3. The van der Waals surface area contributed by atoms with Gasteiger partial charge in [0.05, 0.1) is 17.7 Å². The minimum Gasteiger partial charge on any atom is -0.485 e. The summed E-state index contributed by atoms with van der Waals surface area (Å²) in [6.07, 6.45) is -3.98. The van der Waals surface area contributed by atoms with Gasteiger partial charge < -0.3 is 15.0 Å². The molecule has 0 aliphatic heterocycles. The van der Waals surface area contributed by atoms with E-state index >= 15 is 0 Å². The number of rotatable bonds is 6. The molecule has 25 heavy (non-hydrogen) atoms. The molecule has 1 amide bonds. The van der Waals surface area contributed by atoms with Gasteiger partial charge in [0.25, 0.3) is 0 Å². The van der Waals surface area contributed by atoms with Gasteiger partial charge in [-0.3, -0.25) is 14.9 Å². The molecule has 0 spiro atoms. The number of hydrogen-bond donors (Lipinski definition) is 2. The van der Waals surface area contributed by atoms with E-state index in [-0.39, 0.29) is 36.2 Å². The molecule has 11 heteroatoms. The van der Waals surface area contributed by atoms with E-state index in [9.17, 15) is 28.1 Å². The van der Waals surface area contributed by atoms with Crippen LogP contribution in [0.15, 0.2) is 24.4 Å². The number of nitro groups is 1. The van der Waals surface area contributed by atoms with Crippen molar-refractivity contribution in [2.45, 2.75) is 13.1 Å². The van der Waals surface area contributed by atoms with Gasteiger partial charge in [-0.25, -0.2) is 4.98 Å². The number of alkyl halides is 3. The number of benzene rings is 1. The number of ether oxygens (including phenoxy) is 1. The van der Waals surface area contributed by atoms with E-state index in [0.29, 0.717) is 6.20 Å². The van der Waals surface area contributed by atoms with Gasteiger partial charge in [0.2, 0.25) is 5.91 Å². The zero-order valence-electron chi connectivity index (χ0n) is 12.9. The van der Waals surface area contributed by atoms with Crippen LogP contribution < -0.4 is 10.1 Å². The van der Waals surface area contributed by atoms with E-state index in [2.05, 4.69) is 15.3 Å². The summed E-state index contributed by atoms with van der Waals surface area (Å²) >= 11 is 0. The Balaban J connectivity index is 2.22. The number of carbonyl (C=O) groups excluding carboxylic acids is 1. The predicted octanol–water partition coefficient (Wildman–Crippen LogP) is 2.52. The summed E-state index contributed by atoms with van der Waals surface area (Å²) in [5.74, 6) is -0.492. The minimum absolute atomic E-state index is 0.00125. The highest BCUT2D eigenvalue weighted by Gasteiger charge is 2.33. The molecule has 2 N–H and O–H groups in total. The summed E-state index contributed by atoms with van der Waals surface area (Å²) in [4.78, 5) is 26.8. The first kappa shape index (κ1) is 18.2. The lowest BCUT2D eigenvalue weighted by molar-refractivity contribution is -0.385. The highest BCUT2D eigenvalue weighted by Crippen LogP contribution is 2.33. The van der Waals surface area contributed by atoms with E-state index in [1.807, 2.05) is 0 Å². The molecule has 0 fully saturated rings. The van der Waals surface area contributed by atoms with Gasteiger partial charge in [0.15, 0.2) is 5.75 Å². The molecular formula is C14H13F3N4O4. The summed E-state index contributed by atoms with van der Waals surface area (Å²) in [5, 5.41) is 13.6. The average molecular weight is 358 g/mol. The van der Waals surface area contributed by atoms with Gasteiger partial charge in [0, 0.05) is 18.6 Å². The van der Waals surface area contributed by atoms with Crippen LogP contribution in [-0.2, 0) is 11.0 Å². The standard InChI is InChI=1S/C14H13F3N4O4/c1-8(22)18-4-5-25-11-3-2-9(6-10(11)21(23)24)13-19-7-12(20-13)14(15,16)17/h2-3,6-7H,4-5H2,1H3,(H,18,22)(H,19,20).